The Balaban J connectivity index is 0.000000186. The molecule has 4 aromatic heterocycles. The van der Waals surface area contributed by atoms with E-state index in [9.17, 15) is 0 Å². The molecule has 0 unspecified atom stereocenters. The number of aryl methyl sites for hydroxylation is 4. The molecule has 3 nitrogen and oxygen atoms in total. The molecule has 0 saturated carbocycles. The van der Waals surface area contributed by atoms with Gasteiger partial charge < -0.3 is 15.0 Å². The van der Waals surface area contributed by atoms with Crippen LogP contribution in [0.25, 0.3) is 53.8 Å². The average Bonchev–Trinajstić information content (AvgIpc) is 3.41. The summed E-state index contributed by atoms with van der Waals surface area (Å²) in [6, 6.07) is 34.5. The van der Waals surface area contributed by atoms with E-state index in [4.69, 9.17) is 0 Å². The number of hydrogen-bond acceptors (Lipinski definition) is 4. The number of fused-ring (bicyclic) bond motifs is 3. The molecule has 1 radical (unpaired) electrons. The van der Waals surface area contributed by atoms with Crippen LogP contribution in [0.5, 0.6) is 0 Å². The van der Waals surface area contributed by atoms with Gasteiger partial charge in [-0.1, -0.05) is 107 Å². The van der Waals surface area contributed by atoms with Crippen molar-refractivity contribution in [3.63, 3.8) is 0 Å². The van der Waals surface area contributed by atoms with E-state index < -0.39 is 0 Å². The van der Waals surface area contributed by atoms with Gasteiger partial charge in [-0.05, 0) is 65.5 Å². The molecule has 47 heavy (non-hydrogen) atoms. The van der Waals surface area contributed by atoms with E-state index >= 15 is 0 Å². The number of hydrogen-bond donors (Lipinski definition) is 0. The second-order valence-corrected chi connectivity index (χ2v) is 14.3. The van der Waals surface area contributed by atoms with Gasteiger partial charge in [0.25, 0.3) is 0 Å². The fraction of sp³-hybridized carbons (Fsp3) is 0.214. The largest absolute Gasteiger partial charge is 0.357 e. The number of thiophene rings is 1. The molecule has 0 atom stereocenters. The Bertz CT molecular complexity index is 2160. The number of benzene rings is 3. The van der Waals surface area contributed by atoms with Crippen LogP contribution in [0.1, 0.15) is 48.7 Å². The van der Waals surface area contributed by atoms with Crippen LogP contribution in [0.2, 0.25) is 0 Å². The maximum atomic E-state index is 4.60. The summed E-state index contributed by atoms with van der Waals surface area (Å²) in [5, 5.41) is 2.49. The molecule has 0 bridgehead atoms. The van der Waals surface area contributed by atoms with E-state index in [1.165, 1.54) is 53.6 Å². The normalized spacial score (nSPS) is 11.2. The van der Waals surface area contributed by atoms with Crippen LogP contribution in [0, 0.1) is 45.2 Å². The Kier molecular flexibility index (Phi) is 10.5. The zero-order valence-corrected chi connectivity index (χ0v) is 31.2. The third-order valence-electron chi connectivity index (χ3n) is 8.26. The molecular formula is C42H39IrN3S-2. The number of rotatable bonds is 4. The molecule has 7 rings (SSSR count). The van der Waals surface area contributed by atoms with Crippen LogP contribution in [-0.4, -0.2) is 15.0 Å². The second kappa shape index (κ2) is 14.4. The quantitative estimate of drug-likeness (QED) is 0.166. The first kappa shape index (κ1) is 34.3. The van der Waals surface area contributed by atoms with Crippen LogP contribution in [0.3, 0.4) is 0 Å². The molecule has 239 valence electrons. The smallest absolute Gasteiger partial charge is 0.0355 e. The van der Waals surface area contributed by atoms with Crippen molar-refractivity contribution in [1.29, 1.82) is 0 Å². The molecule has 0 aliphatic heterocycles. The third kappa shape index (κ3) is 7.93. The third-order valence-corrected chi connectivity index (χ3v) is 9.39. The maximum Gasteiger partial charge on any atom is 0.0355 e. The van der Waals surface area contributed by atoms with Gasteiger partial charge in [0.2, 0.25) is 0 Å². The minimum atomic E-state index is 0. The minimum Gasteiger partial charge on any atom is -0.357 e. The van der Waals surface area contributed by atoms with Crippen molar-refractivity contribution in [2.24, 2.45) is 5.41 Å². The molecule has 0 aliphatic rings. The Morgan fingerprint density at radius 3 is 2.17 bits per heavy atom. The molecular weight excluding hydrogens is 771 g/mol. The van der Waals surface area contributed by atoms with Gasteiger partial charge in [0.1, 0.15) is 0 Å². The van der Waals surface area contributed by atoms with Crippen molar-refractivity contribution in [2.45, 2.75) is 54.9 Å². The first-order valence-electron chi connectivity index (χ1n) is 15.7. The van der Waals surface area contributed by atoms with E-state index in [-0.39, 0.29) is 20.1 Å². The number of nitrogens with zero attached hydrogens (tertiary/aromatic N) is 3. The molecule has 3 aromatic carbocycles. The van der Waals surface area contributed by atoms with Crippen LogP contribution >= 0.6 is 11.3 Å². The first-order valence-corrected chi connectivity index (χ1v) is 16.5. The molecule has 0 fully saturated rings. The van der Waals surface area contributed by atoms with Gasteiger partial charge in [-0.3, -0.25) is 0 Å². The summed E-state index contributed by atoms with van der Waals surface area (Å²) >= 11 is 1.80. The summed E-state index contributed by atoms with van der Waals surface area (Å²) in [5.74, 6) is 0. The van der Waals surface area contributed by atoms with E-state index in [0.717, 1.165) is 34.6 Å². The van der Waals surface area contributed by atoms with Crippen molar-refractivity contribution in [3.05, 3.63) is 138 Å². The van der Waals surface area contributed by atoms with E-state index in [2.05, 4.69) is 141 Å². The van der Waals surface area contributed by atoms with Gasteiger partial charge in [-0.2, -0.15) is 0 Å². The standard InChI is InChI=1S/C25H28N.C17H11N2S.Ir/c1-17-7-10-22(24-13-18(2)19(3)16-26-24)14-23(17)21-11-8-20(9-12-21)15-25(4,5)6;1-11-12(6-4-8-18-11)15-9-17-14(10-19-15)13-5-2-3-7-16(13)20-17;/h7-9,11-14,16H,15H2,1-6H3;2-5,7-10H,1H3;/q2*-1;. The summed E-state index contributed by atoms with van der Waals surface area (Å²) in [5.41, 5.74) is 12.8. The summed E-state index contributed by atoms with van der Waals surface area (Å²) in [7, 11) is 0. The number of pyridine rings is 3. The van der Waals surface area contributed by atoms with Crippen LogP contribution < -0.4 is 0 Å². The van der Waals surface area contributed by atoms with Gasteiger partial charge >= 0.3 is 0 Å². The minimum absolute atomic E-state index is 0. The van der Waals surface area contributed by atoms with Gasteiger partial charge in [0.15, 0.2) is 0 Å². The molecule has 0 amide bonds. The zero-order valence-electron chi connectivity index (χ0n) is 28.0. The Morgan fingerprint density at radius 2 is 1.45 bits per heavy atom. The molecule has 0 N–H and O–H groups in total. The van der Waals surface area contributed by atoms with Crippen LogP contribution in [0.15, 0.2) is 97.5 Å². The van der Waals surface area contributed by atoms with Crippen molar-refractivity contribution in [3.8, 4) is 33.6 Å². The monoisotopic (exact) mass is 810 g/mol. The predicted octanol–water partition coefficient (Wildman–Crippen LogP) is 11.3. The SMILES string of the molecule is Cc1cnc(-c2[c-]cc(C)c(-c3ccc(CC(C)(C)C)cc3)c2)cc1C.Cc1ncc[c-]c1-c1cc2sc3ccccc3c2cn1.[Ir]. The first-order chi connectivity index (χ1) is 22.1. The van der Waals surface area contributed by atoms with Crippen molar-refractivity contribution in [2.75, 3.05) is 0 Å². The van der Waals surface area contributed by atoms with Crippen molar-refractivity contribution < 1.29 is 20.1 Å². The second-order valence-electron chi connectivity index (χ2n) is 13.2. The summed E-state index contributed by atoms with van der Waals surface area (Å²) in [4.78, 5) is 13.5. The summed E-state index contributed by atoms with van der Waals surface area (Å²) < 4.78 is 2.56. The zero-order chi connectivity index (χ0) is 32.4. The molecule has 7 aromatic rings. The van der Waals surface area contributed by atoms with E-state index in [1.54, 1.807) is 17.5 Å². The van der Waals surface area contributed by atoms with Crippen LogP contribution in [0.4, 0.5) is 0 Å². The predicted molar refractivity (Wildman–Crippen MR) is 195 cm³/mol. The Morgan fingerprint density at radius 1 is 0.702 bits per heavy atom. The molecule has 0 spiro atoms. The van der Waals surface area contributed by atoms with Gasteiger partial charge in [0.05, 0.1) is 0 Å². The van der Waals surface area contributed by atoms with Crippen molar-refractivity contribution in [1.82, 2.24) is 15.0 Å². The van der Waals surface area contributed by atoms with Crippen LogP contribution in [-0.2, 0) is 26.5 Å². The Labute approximate surface area is 296 Å². The molecule has 0 aliphatic carbocycles. The number of aromatic nitrogens is 3. The summed E-state index contributed by atoms with van der Waals surface area (Å²) in [6.07, 6.45) is 6.76. The van der Waals surface area contributed by atoms with E-state index in [0.29, 0.717) is 5.41 Å². The fourth-order valence-corrected chi connectivity index (χ4v) is 6.78. The fourth-order valence-electron chi connectivity index (χ4n) is 5.66. The van der Waals surface area contributed by atoms with Gasteiger partial charge in [-0.25, -0.2) is 0 Å². The topological polar surface area (TPSA) is 38.7 Å². The molecule has 0 saturated heterocycles. The van der Waals surface area contributed by atoms with Crippen molar-refractivity contribution >= 4 is 31.5 Å². The Hall–Kier alpha value is -4.02. The van der Waals surface area contributed by atoms with Gasteiger partial charge in [0, 0.05) is 52.7 Å². The summed E-state index contributed by atoms with van der Waals surface area (Å²) in [6.45, 7) is 15.2. The average molecular weight is 810 g/mol. The maximum absolute atomic E-state index is 4.60. The van der Waals surface area contributed by atoms with E-state index in [1.807, 2.05) is 25.4 Å². The van der Waals surface area contributed by atoms with Gasteiger partial charge in [-0.15, -0.1) is 58.4 Å². The molecule has 5 heteroatoms. The molecule has 4 heterocycles.